The quantitative estimate of drug-likeness (QED) is 0.413. The maximum atomic E-state index is 11.9. The van der Waals surface area contributed by atoms with Gasteiger partial charge in [0.1, 0.15) is 6.61 Å². The fourth-order valence-corrected chi connectivity index (χ4v) is 2.49. The largest absolute Gasteiger partial charge is 0.493 e. The van der Waals surface area contributed by atoms with Crippen molar-refractivity contribution in [3.8, 4) is 11.5 Å². The number of rotatable bonds is 9. The zero-order valence-electron chi connectivity index (χ0n) is 14.7. The molecular weight excluding hydrogens is 354 g/mol. The van der Waals surface area contributed by atoms with Crippen LogP contribution >= 0.6 is 11.8 Å². The molecule has 1 N–H and O–H groups in total. The molecule has 0 atom stereocenters. The lowest BCUT2D eigenvalue weighted by atomic mass is 10.2. The molecule has 6 nitrogen and oxygen atoms in total. The first-order valence-electron chi connectivity index (χ1n) is 7.97. The minimum atomic E-state index is -0.530. The SMILES string of the molecule is COc1ccccc1OCCNC(=O)COC(=O)c1ccc(SC)cc1. The molecule has 0 aliphatic heterocycles. The number of nitrogens with one attached hydrogen (secondary N) is 1. The number of thioether (sulfide) groups is 1. The summed E-state index contributed by atoms with van der Waals surface area (Å²) in [6.07, 6.45) is 1.95. The summed E-state index contributed by atoms with van der Waals surface area (Å²) in [6, 6.07) is 14.3. The Labute approximate surface area is 156 Å². The molecule has 138 valence electrons. The van der Waals surface area contributed by atoms with Crippen molar-refractivity contribution in [1.29, 1.82) is 0 Å². The second-order valence-corrected chi connectivity index (χ2v) is 6.03. The van der Waals surface area contributed by atoms with E-state index in [1.807, 2.05) is 30.5 Å². The summed E-state index contributed by atoms with van der Waals surface area (Å²) in [6.45, 7) is 0.227. The Morgan fingerprint density at radius 2 is 1.73 bits per heavy atom. The molecule has 0 radical (unpaired) electrons. The highest BCUT2D eigenvalue weighted by molar-refractivity contribution is 7.98. The predicted molar refractivity (Wildman–Crippen MR) is 100 cm³/mol. The van der Waals surface area contributed by atoms with Gasteiger partial charge in [-0.1, -0.05) is 12.1 Å². The maximum absolute atomic E-state index is 11.9. The third-order valence-corrected chi connectivity index (χ3v) is 4.15. The molecule has 2 aromatic carbocycles. The van der Waals surface area contributed by atoms with Gasteiger partial charge in [0.15, 0.2) is 18.1 Å². The van der Waals surface area contributed by atoms with E-state index in [9.17, 15) is 9.59 Å². The van der Waals surface area contributed by atoms with E-state index in [4.69, 9.17) is 14.2 Å². The van der Waals surface area contributed by atoms with E-state index < -0.39 is 5.97 Å². The molecule has 2 rings (SSSR count). The second kappa shape index (κ2) is 10.4. The Kier molecular flexibility index (Phi) is 7.82. The van der Waals surface area contributed by atoms with E-state index in [1.165, 1.54) is 0 Å². The van der Waals surface area contributed by atoms with Crippen LogP contribution in [0.4, 0.5) is 0 Å². The van der Waals surface area contributed by atoms with Crippen LogP contribution < -0.4 is 14.8 Å². The Morgan fingerprint density at radius 3 is 2.38 bits per heavy atom. The molecule has 0 aliphatic rings. The van der Waals surface area contributed by atoms with Gasteiger partial charge in [-0.3, -0.25) is 4.79 Å². The van der Waals surface area contributed by atoms with Gasteiger partial charge in [-0.2, -0.15) is 0 Å². The van der Waals surface area contributed by atoms with Gasteiger partial charge in [0.2, 0.25) is 0 Å². The summed E-state index contributed by atoms with van der Waals surface area (Å²) in [5.41, 5.74) is 0.412. The topological polar surface area (TPSA) is 73.9 Å². The second-order valence-electron chi connectivity index (χ2n) is 5.15. The number of amides is 1. The molecule has 0 aliphatic carbocycles. The number of hydrogen-bond acceptors (Lipinski definition) is 6. The molecular formula is C19H21NO5S. The van der Waals surface area contributed by atoms with E-state index in [1.54, 1.807) is 43.1 Å². The van der Waals surface area contributed by atoms with Crippen LogP contribution in [0.3, 0.4) is 0 Å². The highest BCUT2D eigenvalue weighted by Crippen LogP contribution is 2.25. The van der Waals surface area contributed by atoms with E-state index >= 15 is 0 Å². The molecule has 0 bridgehead atoms. The highest BCUT2D eigenvalue weighted by atomic mass is 32.2. The summed E-state index contributed by atoms with van der Waals surface area (Å²) in [5, 5.41) is 2.63. The summed E-state index contributed by atoms with van der Waals surface area (Å²) < 4.78 is 15.7. The van der Waals surface area contributed by atoms with Crippen molar-refractivity contribution >= 4 is 23.6 Å². The van der Waals surface area contributed by atoms with Crippen LogP contribution in [0.2, 0.25) is 0 Å². The molecule has 0 aromatic heterocycles. The maximum Gasteiger partial charge on any atom is 0.338 e. The summed E-state index contributed by atoms with van der Waals surface area (Å²) in [7, 11) is 1.56. The Morgan fingerprint density at radius 1 is 1.04 bits per heavy atom. The van der Waals surface area contributed by atoms with Crippen LogP contribution in [0.25, 0.3) is 0 Å². The Balaban J connectivity index is 1.67. The average molecular weight is 375 g/mol. The molecule has 0 saturated heterocycles. The fraction of sp³-hybridized carbons (Fsp3) is 0.263. The Hall–Kier alpha value is -2.67. The molecule has 2 aromatic rings. The number of carbonyl (C=O) groups excluding carboxylic acids is 2. The molecule has 26 heavy (non-hydrogen) atoms. The van der Waals surface area contributed by atoms with E-state index in [-0.39, 0.29) is 25.7 Å². The van der Waals surface area contributed by atoms with Gasteiger partial charge < -0.3 is 19.5 Å². The van der Waals surface area contributed by atoms with Crippen LogP contribution in [0.1, 0.15) is 10.4 Å². The van der Waals surface area contributed by atoms with Gasteiger partial charge in [0.25, 0.3) is 5.91 Å². The van der Waals surface area contributed by atoms with Crippen LogP contribution in [0.5, 0.6) is 11.5 Å². The summed E-state index contributed by atoms with van der Waals surface area (Å²) >= 11 is 1.58. The van der Waals surface area contributed by atoms with Crippen molar-refractivity contribution in [3.05, 3.63) is 54.1 Å². The van der Waals surface area contributed by atoms with Crippen LogP contribution in [-0.2, 0) is 9.53 Å². The predicted octanol–water partition coefficient (Wildman–Crippen LogP) is 2.77. The lowest BCUT2D eigenvalue weighted by Crippen LogP contribution is -2.32. The van der Waals surface area contributed by atoms with Crippen molar-refractivity contribution in [2.45, 2.75) is 4.90 Å². The van der Waals surface area contributed by atoms with Crippen LogP contribution in [0, 0.1) is 0 Å². The number of para-hydroxylation sites is 2. The first-order chi connectivity index (χ1) is 12.6. The van der Waals surface area contributed by atoms with Crippen LogP contribution in [0.15, 0.2) is 53.4 Å². The normalized spacial score (nSPS) is 10.1. The Bertz CT molecular complexity index is 733. The fourth-order valence-electron chi connectivity index (χ4n) is 2.08. The van der Waals surface area contributed by atoms with Gasteiger partial charge in [-0.15, -0.1) is 11.8 Å². The van der Waals surface area contributed by atoms with Crippen molar-refractivity contribution in [3.63, 3.8) is 0 Å². The third-order valence-electron chi connectivity index (χ3n) is 3.41. The minimum Gasteiger partial charge on any atom is -0.493 e. The van der Waals surface area contributed by atoms with Crippen molar-refractivity contribution in [2.75, 3.05) is 33.1 Å². The number of ether oxygens (including phenoxy) is 3. The van der Waals surface area contributed by atoms with Gasteiger partial charge in [-0.05, 0) is 42.7 Å². The average Bonchev–Trinajstić information content (AvgIpc) is 2.69. The number of benzene rings is 2. The van der Waals surface area contributed by atoms with E-state index in [0.29, 0.717) is 17.1 Å². The molecule has 0 saturated carbocycles. The third kappa shape index (κ3) is 6.00. The number of carbonyl (C=O) groups is 2. The molecule has 0 fully saturated rings. The first-order valence-corrected chi connectivity index (χ1v) is 9.20. The van der Waals surface area contributed by atoms with Gasteiger partial charge in [-0.25, -0.2) is 4.79 Å². The lowest BCUT2D eigenvalue weighted by Gasteiger charge is -2.11. The summed E-state index contributed by atoms with van der Waals surface area (Å²) in [4.78, 5) is 24.7. The number of hydrogen-bond donors (Lipinski definition) is 1. The molecule has 0 unspecified atom stereocenters. The standard InChI is InChI=1S/C19H21NO5S/c1-23-16-5-3-4-6-17(16)24-12-11-20-18(21)13-25-19(22)14-7-9-15(26-2)10-8-14/h3-10H,11-13H2,1-2H3,(H,20,21). The molecule has 1 amide bonds. The van der Waals surface area contributed by atoms with Crippen molar-refractivity contribution < 1.29 is 23.8 Å². The van der Waals surface area contributed by atoms with E-state index in [0.717, 1.165) is 4.90 Å². The van der Waals surface area contributed by atoms with Gasteiger partial charge >= 0.3 is 5.97 Å². The summed E-state index contributed by atoms with van der Waals surface area (Å²) in [5.74, 6) is 0.311. The van der Waals surface area contributed by atoms with Gasteiger partial charge in [0, 0.05) is 4.90 Å². The lowest BCUT2D eigenvalue weighted by molar-refractivity contribution is -0.124. The zero-order chi connectivity index (χ0) is 18.8. The monoisotopic (exact) mass is 375 g/mol. The van der Waals surface area contributed by atoms with Crippen LogP contribution in [-0.4, -0.2) is 45.0 Å². The number of esters is 1. The highest BCUT2D eigenvalue weighted by Gasteiger charge is 2.10. The first kappa shape index (κ1) is 19.7. The van der Waals surface area contributed by atoms with Crippen molar-refractivity contribution in [2.24, 2.45) is 0 Å². The zero-order valence-corrected chi connectivity index (χ0v) is 15.5. The number of methoxy groups -OCH3 is 1. The minimum absolute atomic E-state index is 0.274. The molecule has 7 heteroatoms. The van der Waals surface area contributed by atoms with Gasteiger partial charge in [0.05, 0.1) is 19.2 Å². The smallest absolute Gasteiger partial charge is 0.338 e. The molecule has 0 heterocycles. The molecule has 0 spiro atoms. The van der Waals surface area contributed by atoms with Crippen molar-refractivity contribution in [1.82, 2.24) is 5.32 Å². The van der Waals surface area contributed by atoms with E-state index in [2.05, 4.69) is 5.32 Å².